The van der Waals surface area contributed by atoms with Crippen molar-refractivity contribution in [1.82, 2.24) is 4.98 Å². The molecule has 0 aliphatic heterocycles. The second kappa shape index (κ2) is 6.90. The second-order valence-electron chi connectivity index (χ2n) is 5.83. The highest BCUT2D eigenvalue weighted by Gasteiger charge is 2.10. The number of para-hydroxylation sites is 1. The summed E-state index contributed by atoms with van der Waals surface area (Å²) < 4.78 is 1.10. The molecule has 4 nitrogen and oxygen atoms in total. The molecule has 0 aliphatic rings. The molecule has 1 heterocycles. The van der Waals surface area contributed by atoms with Gasteiger partial charge in [-0.15, -0.1) is 29.1 Å². The summed E-state index contributed by atoms with van der Waals surface area (Å²) in [6.07, 6.45) is 0. The smallest absolute Gasteiger partial charge is 0.143 e. The molecule has 4 aromatic rings. The number of aromatic nitrogens is 1. The van der Waals surface area contributed by atoms with E-state index in [0.29, 0.717) is 11.4 Å². The van der Waals surface area contributed by atoms with E-state index in [1.807, 2.05) is 49.4 Å². The molecule has 0 fully saturated rings. The number of aromatic hydroxyl groups is 1. The standard InChI is InChI=1S/C20H15N3OS2/c1-12-6-11-16-19(18(12)25)26-20(21-16)13-7-9-14(10-8-13)22-23-15-4-2-3-5-17(15)24/h2-11,24-25H,1H3/b23-22+. The van der Waals surface area contributed by atoms with E-state index in [-0.39, 0.29) is 5.75 Å². The Hall–Kier alpha value is -2.70. The Balaban J connectivity index is 1.62. The third-order valence-corrected chi connectivity index (χ3v) is 5.87. The number of azo groups is 1. The summed E-state index contributed by atoms with van der Waals surface area (Å²) in [5.74, 6) is 0.111. The van der Waals surface area contributed by atoms with Crippen molar-refractivity contribution >= 4 is 45.6 Å². The first-order chi connectivity index (χ1) is 12.6. The van der Waals surface area contributed by atoms with E-state index in [9.17, 15) is 5.11 Å². The van der Waals surface area contributed by atoms with Gasteiger partial charge in [-0.3, -0.25) is 0 Å². The Morgan fingerprint density at radius 1 is 0.962 bits per heavy atom. The van der Waals surface area contributed by atoms with Crippen LogP contribution < -0.4 is 0 Å². The first-order valence-corrected chi connectivity index (χ1v) is 9.27. The number of hydrogen-bond acceptors (Lipinski definition) is 6. The molecular weight excluding hydrogens is 362 g/mol. The Bertz CT molecular complexity index is 1120. The maximum absolute atomic E-state index is 9.73. The maximum Gasteiger partial charge on any atom is 0.143 e. The lowest BCUT2D eigenvalue weighted by Crippen LogP contribution is -1.76. The number of hydrogen-bond donors (Lipinski definition) is 2. The van der Waals surface area contributed by atoms with Crippen LogP contribution in [-0.4, -0.2) is 10.1 Å². The minimum atomic E-state index is 0.111. The lowest BCUT2D eigenvalue weighted by atomic mass is 10.2. The quantitative estimate of drug-likeness (QED) is 0.309. The monoisotopic (exact) mass is 377 g/mol. The molecule has 0 spiro atoms. The summed E-state index contributed by atoms with van der Waals surface area (Å²) in [4.78, 5) is 5.69. The second-order valence-corrected chi connectivity index (χ2v) is 7.28. The fourth-order valence-electron chi connectivity index (χ4n) is 2.53. The van der Waals surface area contributed by atoms with Gasteiger partial charge in [-0.1, -0.05) is 18.2 Å². The maximum atomic E-state index is 9.73. The van der Waals surface area contributed by atoms with Crippen LogP contribution in [0.5, 0.6) is 5.75 Å². The van der Waals surface area contributed by atoms with E-state index in [4.69, 9.17) is 4.98 Å². The Kier molecular flexibility index (Phi) is 4.44. The molecule has 4 rings (SSSR count). The molecule has 3 aromatic carbocycles. The van der Waals surface area contributed by atoms with Crippen molar-refractivity contribution in [3.05, 3.63) is 66.2 Å². The average molecular weight is 377 g/mol. The van der Waals surface area contributed by atoms with Crippen molar-refractivity contribution in [2.45, 2.75) is 11.8 Å². The molecule has 0 saturated carbocycles. The van der Waals surface area contributed by atoms with Gasteiger partial charge in [0, 0.05) is 10.5 Å². The molecule has 0 atom stereocenters. The third kappa shape index (κ3) is 3.21. The lowest BCUT2D eigenvalue weighted by molar-refractivity contribution is 0.476. The zero-order valence-corrected chi connectivity index (χ0v) is 15.6. The van der Waals surface area contributed by atoms with Gasteiger partial charge in [0.15, 0.2) is 0 Å². The van der Waals surface area contributed by atoms with Gasteiger partial charge in [0.2, 0.25) is 0 Å². The van der Waals surface area contributed by atoms with E-state index in [2.05, 4.69) is 22.9 Å². The molecule has 0 saturated heterocycles. The third-order valence-electron chi connectivity index (χ3n) is 4.00. The number of benzene rings is 3. The first kappa shape index (κ1) is 16.8. The van der Waals surface area contributed by atoms with Crippen LogP contribution in [0.2, 0.25) is 0 Å². The van der Waals surface area contributed by atoms with Crippen molar-refractivity contribution in [1.29, 1.82) is 0 Å². The average Bonchev–Trinajstić information content (AvgIpc) is 3.10. The largest absolute Gasteiger partial charge is 0.506 e. The van der Waals surface area contributed by atoms with Crippen molar-refractivity contribution < 1.29 is 5.11 Å². The minimum absolute atomic E-state index is 0.111. The van der Waals surface area contributed by atoms with Gasteiger partial charge < -0.3 is 5.11 Å². The molecule has 128 valence electrons. The Morgan fingerprint density at radius 2 is 1.73 bits per heavy atom. The van der Waals surface area contributed by atoms with Crippen LogP contribution in [0.3, 0.4) is 0 Å². The van der Waals surface area contributed by atoms with Gasteiger partial charge in [-0.25, -0.2) is 4.98 Å². The summed E-state index contributed by atoms with van der Waals surface area (Å²) in [6, 6.07) is 18.6. The molecule has 0 amide bonds. The predicted octanol–water partition coefficient (Wildman–Crippen LogP) is 6.68. The van der Waals surface area contributed by atoms with E-state index >= 15 is 0 Å². The van der Waals surface area contributed by atoms with Crippen molar-refractivity contribution in [3.63, 3.8) is 0 Å². The minimum Gasteiger partial charge on any atom is -0.506 e. The number of phenols is 1. The molecule has 1 N–H and O–H groups in total. The topological polar surface area (TPSA) is 57.8 Å². The van der Waals surface area contributed by atoms with Crippen molar-refractivity contribution in [2.24, 2.45) is 10.2 Å². The first-order valence-electron chi connectivity index (χ1n) is 8.01. The van der Waals surface area contributed by atoms with Crippen molar-refractivity contribution in [3.8, 4) is 16.3 Å². The zero-order chi connectivity index (χ0) is 18.1. The van der Waals surface area contributed by atoms with Gasteiger partial charge in [-0.2, -0.15) is 5.11 Å². The number of aryl methyl sites for hydroxylation is 1. The molecular formula is C20H15N3OS2. The Labute approximate surface area is 160 Å². The summed E-state index contributed by atoms with van der Waals surface area (Å²) in [5, 5.41) is 18.9. The number of phenolic OH excluding ortho intramolecular Hbond substituents is 1. The van der Waals surface area contributed by atoms with Gasteiger partial charge in [0.05, 0.1) is 15.9 Å². The summed E-state index contributed by atoms with van der Waals surface area (Å²) in [5.41, 5.74) is 4.29. The van der Waals surface area contributed by atoms with Gasteiger partial charge >= 0.3 is 0 Å². The van der Waals surface area contributed by atoms with Crippen molar-refractivity contribution in [2.75, 3.05) is 0 Å². The molecule has 1 aromatic heterocycles. The summed E-state index contributed by atoms with van der Waals surface area (Å²) in [7, 11) is 0. The van der Waals surface area contributed by atoms with E-state index in [1.54, 1.807) is 29.5 Å². The van der Waals surface area contributed by atoms with Gasteiger partial charge in [0.1, 0.15) is 16.4 Å². The molecule has 26 heavy (non-hydrogen) atoms. The fraction of sp³-hybridized carbons (Fsp3) is 0.0500. The zero-order valence-electron chi connectivity index (χ0n) is 13.9. The molecule has 0 unspecified atom stereocenters. The van der Waals surface area contributed by atoms with E-state index in [0.717, 1.165) is 31.2 Å². The van der Waals surface area contributed by atoms with Crippen LogP contribution >= 0.6 is 24.0 Å². The predicted molar refractivity (Wildman–Crippen MR) is 109 cm³/mol. The highest BCUT2D eigenvalue weighted by Crippen LogP contribution is 2.36. The van der Waals surface area contributed by atoms with E-state index in [1.165, 1.54) is 0 Å². The van der Waals surface area contributed by atoms with Crippen LogP contribution in [0.15, 0.2) is 75.8 Å². The number of thiazole rings is 1. The normalized spacial score (nSPS) is 11.5. The lowest BCUT2D eigenvalue weighted by Gasteiger charge is -1.98. The van der Waals surface area contributed by atoms with Crippen LogP contribution in [-0.2, 0) is 0 Å². The number of nitrogens with zero attached hydrogens (tertiary/aromatic N) is 3. The fourth-order valence-corrected chi connectivity index (χ4v) is 3.92. The molecule has 0 bridgehead atoms. The molecule has 0 radical (unpaired) electrons. The van der Waals surface area contributed by atoms with Crippen LogP contribution in [0.1, 0.15) is 5.56 Å². The number of rotatable bonds is 3. The highest BCUT2D eigenvalue weighted by molar-refractivity contribution is 7.80. The summed E-state index contributed by atoms with van der Waals surface area (Å²) in [6.45, 7) is 2.05. The van der Waals surface area contributed by atoms with Crippen LogP contribution in [0.25, 0.3) is 20.8 Å². The molecule has 6 heteroatoms. The van der Waals surface area contributed by atoms with Gasteiger partial charge in [-0.05, 0) is 55.0 Å². The number of fused-ring (bicyclic) bond motifs is 1. The van der Waals surface area contributed by atoms with Gasteiger partial charge in [0.25, 0.3) is 0 Å². The van der Waals surface area contributed by atoms with Crippen LogP contribution in [0.4, 0.5) is 11.4 Å². The Morgan fingerprint density at radius 3 is 2.50 bits per heavy atom. The highest BCUT2D eigenvalue weighted by atomic mass is 32.1. The summed E-state index contributed by atoms with van der Waals surface area (Å²) >= 11 is 6.23. The van der Waals surface area contributed by atoms with E-state index < -0.39 is 0 Å². The SMILES string of the molecule is Cc1ccc2nc(-c3ccc(/N=N/c4ccccc4O)cc3)sc2c1S. The molecule has 0 aliphatic carbocycles. The number of thiol groups is 1. The van der Waals surface area contributed by atoms with Crippen LogP contribution in [0, 0.1) is 6.92 Å².